The van der Waals surface area contributed by atoms with Crippen LogP contribution in [0.15, 0.2) is 0 Å². The molecule has 8 nitrogen and oxygen atoms in total. The summed E-state index contributed by atoms with van der Waals surface area (Å²) in [4.78, 5) is 24.0. The summed E-state index contributed by atoms with van der Waals surface area (Å²) in [5.41, 5.74) is 0. The quantitative estimate of drug-likeness (QED) is 0.320. The van der Waals surface area contributed by atoms with Crippen LogP contribution in [-0.4, -0.2) is 88.4 Å². The Labute approximate surface area is 118 Å². The van der Waals surface area contributed by atoms with Gasteiger partial charge in [-0.3, -0.25) is 4.90 Å². The number of nitrogens with zero attached hydrogens (tertiary/aromatic N) is 2. The number of carbonyl (C=O) groups is 2. The molecule has 0 rings (SSSR count). The maximum Gasteiger partial charge on any atom is 0.0701 e. The number of likely N-dealkylation sites (N-methyl/N-ethyl adjacent to an activating group) is 1. The molecule has 0 atom stereocenters. The van der Waals surface area contributed by atoms with Gasteiger partial charge >= 0.3 is 0 Å². The van der Waals surface area contributed by atoms with Crippen molar-refractivity contribution in [1.82, 2.24) is 9.80 Å². The van der Waals surface area contributed by atoms with Crippen LogP contribution >= 0.6 is 0 Å². The van der Waals surface area contributed by atoms with Gasteiger partial charge in [-0.2, -0.15) is 0 Å². The highest BCUT2D eigenvalue weighted by atomic mass is 16.5. The van der Waals surface area contributed by atoms with E-state index in [-0.39, 0.29) is 13.2 Å². The number of ether oxygens (including phenoxy) is 2. The molecule has 0 unspecified atom stereocenters. The van der Waals surface area contributed by atoms with E-state index in [1.54, 1.807) is 0 Å². The van der Waals surface area contributed by atoms with Crippen molar-refractivity contribution in [1.29, 1.82) is 0 Å². The molecule has 0 bridgehead atoms. The van der Waals surface area contributed by atoms with Gasteiger partial charge in [0.25, 0.3) is 0 Å². The van der Waals surface area contributed by atoms with E-state index >= 15 is 0 Å². The van der Waals surface area contributed by atoms with E-state index in [9.17, 15) is 19.8 Å². The molecule has 0 aromatic carbocycles. The molecule has 0 aliphatic rings. The zero-order chi connectivity index (χ0) is 15.4. The second kappa shape index (κ2) is 11.6. The van der Waals surface area contributed by atoms with Gasteiger partial charge in [-0.15, -0.1) is 0 Å². The summed E-state index contributed by atoms with van der Waals surface area (Å²) in [6.45, 7) is 1.72. The highest BCUT2D eigenvalue weighted by molar-refractivity contribution is 5.70. The molecule has 20 heavy (non-hydrogen) atoms. The highest BCUT2D eigenvalue weighted by Crippen LogP contribution is 1.88. The van der Waals surface area contributed by atoms with Crippen LogP contribution in [0, 0.1) is 0 Å². The molecule has 0 heterocycles. The van der Waals surface area contributed by atoms with E-state index in [4.69, 9.17) is 9.47 Å². The molecule has 0 saturated heterocycles. The molecule has 0 amide bonds. The van der Waals surface area contributed by atoms with Crippen LogP contribution in [0.25, 0.3) is 0 Å². The minimum absolute atomic E-state index is 0.180. The molecule has 0 aliphatic carbocycles. The third kappa shape index (κ3) is 13.2. The molecule has 0 saturated carbocycles. The number of carbonyl (C=O) groups excluding carboxylic acids is 2. The molecule has 0 aromatic rings. The summed E-state index contributed by atoms with van der Waals surface area (Å²) < 4.78 is 10.5. The molecule has 0 N–H and O–H groups in total. The summed E-state index contributed by atoms with van der Waals surface area (Å²) in [6.07, 6.45) is 0. The van der Waals surface area contributed by atoms with Crippen LogP contribution in [0.1, 0.15) is 0 Å². The van der Waals surface area contributed by atoms with Crippen molar-refractivity contribution in [3.8, 4) is 0 Å². The molecule has 0 spiro atoms. The lowest BCUT2D eigenvalue weighted by molar-refractivity contribution is -0.310. The van der Waals surface area contributed by atoms with Gasteiger partial charge in [0, 0.05) is 26.2 Å². The summed E-state index contributed by atoms with van der Waals surface area (Å²) in [6, 6.07) is 0. The summed E-state index contributed by atoms with van der Waals surface area (Å²) in [7, 11) is 3.89. The average Bonchev–Trinajstić information content (AvgIpc) is 2.30. The van der Waals surface area contributed by atoms with Crippen molar-refractivity contribution in [3.63, 3.8) is 0 Å². The predicted octanol–water partition coefficient (Wildman–Crippen LogP) is -3.62. The number of hydrogen-bond acceptors (Lipinski definition) is 8. The van der Waals surface area contributed by atoms with Crippen LogP contribution in [0.4, 0.5) is 0 Å². The first-order valence-electron chi connectivity index (χ1n) is 6.34. The number of carboxylic acids is 2. The third-order valence-electron chi connectivity index (χ3n) is 2.31. The van der Waals surface area contributed by atoms with E-state index < -0.39 is 25.0 Å². The Hall–Kier alpha value is -1.22. The largest absolute Gasteiger partial charge is 0.549 e. The average molecular weight is 290 g/mol. The first-order chi connectivity index (χ1) is 9.41. The fraction of sp³-hybridized carbons (Fsp3) is 0.833. The van der Waals surface area contributed by atoms with Gasteiger partial charge in [0.15, 0.2) is 0 Å². The van der Waals surface area contributed by atoms with Crippen LogP contribution in [0.5, 0.6) is 0 Å². The molecule has 118 valence electrons. The SMILES string of the molecule is CN(C)CCOCCOCCN(CC(=O)[O-])CC(=O)[O-]. The van der Waals surface area contributed by atoms with Crippen LogP contribution in [0.2, 0.25) is 0 Å². The van der Waals surface area contributed by atoms with Crippen molar-refractivity contribution in [2.24, 2.45) is 0 Å². The number of hydrogen-bond donors (Lipinski definition) is 0. The second-order valence-electron chi connectivity index (χ2n) is 4.48. The van der Waals surface area contributed by atoms with Crippen LogP contribution < -0.4 is 10.2 Å². The third-order valence-corrected chi connectivity index (χ3v) is 2.31. The zero-order valence-electron chi connectivity index (χ0n) is 12.0. The van der Waals surface area contributed by atoms with Crippen molar-refractivity contribution >= 4 is 11.9 Å². The van der Waals surface area contributed by atoms with Crippen molar-refractivity contribution in [2.75, 3.05) is 66.7 Å². The molecular formula is C12H22N2O6-2. The summed E-state index contributed by atoms with van der Waals surface area (Å²) in [5, 5.41) is 20.8. The minimum atomic E-state index is -1.33. The Morgan fingerprint density at radius 3 is 1.70 bits per heavy atom. The lowest BCUT2D eigenvalue weighted by atomic mass is 10.4. The Balaban J connectivity index is 3.57. The van der Waals surface area contributed by atoms with E-state index in [2.05, 4.69) is 0 Å². The fourth-order valence-corrected chi connectivity index (χ4v) is 1.34. The van der Waals surface area contributed by atoms with Crippen molar-refractivity contribution < 1.29 is 29.3 Å². The van der Waals surface area contributed by atoms with E-state index in [1.807, 2.05) is 19.0 Å². The molecule has 0 radical (unpaired) electrons. The second-order valence-corrected chi connectivity index (χ2v) is 4.48. The van der Waals surface area contributed by atoms with Gasteiger partial charge in [0.2, 0.25) is 0 Å². The minimum Gasteiger partial charge on any atom is -0.549 e. The molecule has 0 aromatic heterocycles. The number of aliphatic carboxylic acids is 2. The van der Waals surface area contributed by atoms with Gasteiger partial charge in [0.1, 0.15) is 0 Å². The Morgan fingerprint density at radius 2 is 1.30 bits per heavy atom. The predicted molar refractivity (Wildman–Crippen MR) is 66.6 cm³/mol. The van der Waals surface area contributed by atoms with Gasteiger partial charge in [-0.1, -0.05) is 0 Å². The van der Waals surface area contributed by atoms with E-state index in [0.29, 0.717) is 19.8 Å². The van der Waals surface area contributed by atoms with Gasteiger partial charge < -0.3 is 34.2 Å². The first kappa shape index (κ1) is 18.8. The molecule has 0 fully saturated rings. The Kier molecular flexibility index (Phi) is 10.9. The maximum atomic E-state index is 10.4. The lowest BCUT2D eigenvalue weighted by Crippen LogP contribution is -2.45. The highest BCUT2D eigenvalue weighted by Gasteiger charge is 2.05. The Morgan fingerprint density at radius 1 is 0.850 bits per heavy atom. The van der Waals surface area contributed by atoms with Gasteiger partial charge in [-0.25, -0.2) is 0 Å². The molecular weight excluding hydrogens is 268 g/mol. The number of rotatable bonds is 13. The van der Waals surface area contributed by atoms with E-state index in [1.165, 1.54) is 4.90 Å². The topological polar surface area (TPSA) is 105 Å². The van der Waals surface area contributed by atoms with Crippen LogP contribution in [-0.2, 0) is 19.1 Å². The molecule has 8 heteroatoms. The standard InChI is InChI=1S/C12H24N2O6/c1-13(2)3-5-19-7-8-20-6-4-14(9-11(15)16)10-12(17)18/h3-10H2,1-2H3,(H,15,16)(H,17,18)/p-2. The van der Waals surface area contributed by atoms with Crippen LogP contribution in [0.3, 0.4) is 0 Å². The molecule has 0 aliphatic heterocycles. The maximum absolute atomic E-state index is 10.4. The first-order valence-corrected chi connectivity index (χ1v) is 6.34. The summed E-state index contributed by atoms with van der Waals surface area (Å²) in [5.74, 6) is -2.67. The van der Waals surface area contributed by atoms with Crippen molar-refractivity contribution in [2.45, 2.75) is 0 Å². The van der Waals surface area contributed by atoms with E-state index in [0.717, 1.165) is 6.54 Å². The van der Waals surface area contributed by atoms with Gasteiger partial charge in [0.05, 0.1) is 38.4 Å². The Bertz CT molecular complexity index is 269. The van der Waals surface area contributed by atoms with Gasteiger partial charge in [-0.05, 0) is 14.1 Å². The monoisotopic (exact) mass is 290 g/mol. The zero-order valence-corrected chi connectivity index (χ0v) is 12.0. The fourth-order valence-electron chi connectivity index (χ4n) is 1.34. The summed E-state index contributed by atoms with van der Waals surface area (Å²) >= 11 is 0. The normalized spacial score (nSPS) is 11.2. The van der Waals surface area contributed by atoms with Crippen molar-refractivity contribution in [3.05, 3.63) is 0 Å². The number of carboxylic acid groups (broad SMARTS) is 2. The smallest absolute Gasteiger partial charge is 0.0701 e. The lowest BCUT2D eigenvalue weighted by Gasteiger charge is -2.22.